The monoisotopic (exact) mass is 332 g/mol. The third-order valence-electron chi connectivity index (χ3n) is 3.74. The SMILES string of the molecule is CN(C)c1ccc2c(c1)[Se]c1cc(N(C)C)ccc1C2. The van der Waals surface area contributed by atoms with Crippen molar-refractivity contribution in [1.29, 1.82) is 0 Å². The van der Waals surface area contributed by atoms with Crippen LogP contribution in [0.4, 0.5) is 11.4 Å². The third-order valence-corrected chi connectivity index (χ3v) is 6.25. The molecular formula is C17H20N2Se. The molecule has 0 atom stereocenters. The average molecular weight is 331 g/mol. The number of nitrogens with zero attached hydrogens (tertiary/aromatic N) is 2. The Balaban J connectivity index is 1.99. The summed E-state index contributed by atoms with van der Waals surface area (Å²) < 4.78 is 3.07. The van der Waals surface area contributed by atoms with Crippen molar-refractivity contribution in [2.24, 2.45) is 0 Å². The van der Waals surface area contributed by atoms with Crippen molar-refractivity contribution in [2.45, 2.75) is 6.42 Å². The molecule has 0 unspecified atom stereocenters. The number of hydrogen-bond donors (Lipinski definition) is 0. The van der Waals surface area contributed by atoms with Crippen LogP contribution in [0.2, 0.25) is 0 Å². The van der Waals surface area contributed by atoms with Gasteiger partial charge in [-0.2, -0.15) is 0 Å². The van der Waals surface area contributed by atoms with Crippen molar-refractivity contribution in [3.05, 3.63) is 47.5 Å². The molecule has 0 N–H and O–H groups in total. The van der Waals surface area contributed by atoms with Gasteiger partial charge in [-0.25, -0.2) is 0 Å². The molecule has 3 heteroatoms. The Hall–Kier alpha value is -1.44. The van der Waals surface area contributed by atoms with Crippen LogP contribution in [0.25, 0.3) is 0 Å². The van der Waals surface area contributed by atoms with Gasteiger partial charge in [-0.1, -0.05) is 0 Å². The van der Waals surface area contributed by atoms with Gasteiger partial charge in [0, 0.05) is 0 Å². The van der Waals surface area contributed by atoms with E-state index in [0.717, 1.165) is 6.42 Å². The van der Waals surface area contributed by atoms with Gasteiger partial charge in [0.05, 0.1) is 0 Å². The molecule has 0 aromatic heterocycles. The maximum absolute atomic E-state index is 2.36. The fourth-order valence-electron chi connectivity index (χ4n) is 2.45. The van der Waals surface area contributed by atoms with E-state index in [4.69, 9.17) is 0 Å². The fourth-order valence-corrected chi connectivity index (χ4v) is 4.84. The van der Waals surface area contributed by atoms with Gasteiger partial charge in [-0.15, -0.1) is 0 Å². The Morgan fingerprint density at radius 2 is 1.20 bits per heavy atom. The molecule has 2 nitrogen and oxygen atoms in total. The van der Waals surface area contributed by atoms with Crippen LogP contribution in [-0.2, 0) is 6.42 Å². The molecule has 0 saturated carbocycles. The molecule has 1 aliphatic rings. The van der Waals surface area contributed by atoms with Crippen LogP contribution in [0.5, 0.6) is 0 Å². The first-order chi connectivity index (χ1) is 9.54. The van der Waals surface area contributed by atoms with E-state index in [1.165, 1.54) is 31.4 Å². The second-order valence-electron chi connectivity index (χ2n) is 5.65. The van der Waals surface area contributed by atoms with E-state index in [9.17, 15) is 0 Å². The molecule has 0 spiro atoms. The van der Waals surface area contributed by atoms with Crippen molar-refractivity contribution in [2.75, 3.05) is 38.0 Å². The fraction of sp³-hybridized carbons (Fsp3) is 0.294. The van der Waals surface area contributed by atoms with Crippen LogP contribution in [0, 0.1) is 0 Å². The van der Waals surface area contributed by atoms with E-state index >= 15 is 0 Å². The molecule has 3 rings (SSSR count). The van der Waals surface area contributed by atoms with E-state index in [1.807, 2.05) is 0 Å². The summed E-state index contributed by atoms with van der Waals surface area (Å²) in [4.78, 5) is 4.37. The van der Waals surface area contributed by atoms with Crippen LogP contribution in [0.1, 0.15) is 11.1 Å². The Bertz CT molecular complexity index is 592. The summed E-state index contributed by atoms with van der Waals surface area (Å²) in [6.45, 7) is 0. The van der Waals surface area contributed by atoms with Crippen molar-refractivity contribution in [3.63, 3.8) is 0 Å². The third kappa shape index (κ3) is 2.44. The Labute approximate surface area is 127 Å². The zero-order valence-corrected chi connectivity index (χ0v) is 14.2. The number of fused-ring (bicyclic) bond motifs is 2. The van der Waals surface area contributed by atoms with Crippen molar-refractivity contribution >= 4 is 35.3 Å². The first kappa shape index (κ1) is 13.5. The van der Waals surface area contributed by atoms with Crippen molar-refractivity contribution < 1.29 is 0 Å². The van der Waals surface area contributed by atoms with E-state index in [1.54, 1.807) is 0 Å². The Morgan fingerprint density at radius 1 is 0.750 bits per heavy atom. The van der Waals surface area contributed by atoms with Crippen LogP contribution >= 0.6 is 0 Å². The molecular weight excluding hydrogens is 311 g/mol. The maximum atomic E-state index is 2.36. The van der Waals surface area contributed by atoms with E-state index in [-0.39, 0.29) is 0 Å². The number of hydrogen-bond acceptors (Lipinski definition) is 2. The molecule has 0 bridgehead atoms. The van der Waals surface area contributed by atoms with Gasteiger partial charge < -0.3 is 0 Å². The zero-order valence-electron chi connectivity index (χ0n) is 12.5. The average Bonchev–Trinajstić information content (AvgIpc) is 2.43. The molecule has 2 aromatic rings. The summed E-state index contributed by atoms with van der Waals surface area (Å²) in [5.41, 5.74) is 5.61. The number of anilines is 2. The van der Waals surface area contributed by atoms with Crippen LogP contribution in [0.3, 0.4) is 0 Å². The molecule has 20 heavy (non-hydrogen) atoms. The summed E-state index contributed by atoms with van der Waals surface area (Å²) in [5, 5.41) is 0. The van der Waals surface area contributed by atoms with Gasteiger partial charge in [-0.3, -0.25) is 0 Å². The summed E-state index contributed by atoms with van der Waals surface area (Å²) in [6, 6.07) is 13.8. The first-order valence-corrected chi connectivity index (χ1v) is 8.54. The predicted molar refractivity (Wildman–Crippen MR) is 89.4 cm³/mol. The molecule has 104 valence electrons. The number of rotatable bonds is 2. The molecule has 0 aliphatic carbocycles. The van der Waals surface area contributed by atoms with E-state index in [2.05, 4.69) is 74.4 Å². The molecule has 0 radical (unpaired) electrons. The topological polar surface area (TPSA) is 6.48 Å². The molecule has 1 heterocycles. The quantitative estimate of drug-likeness (QED) is 0.655. The molecule has 0 amide bonds. The normalized spacial score (nSPS) is 12.6. The van der Waals surface area contributed by atoms with Gasteiger partial charge >= 0.3 is 127 Å². The molecule has 2 aromatic carbocycles. The summed E-state index contributed by atoms with van der Waals surface area (Å²) in [5.74, 6) is 0. The van der Waals surface area contributed by atoms with Crippen LogP contribution in [0.15, 0.2) is 36.4 Å². The predicted octanol–water partition coefficient (Wildman–Crippen LogP) is 1.38. The summed E-state index contributed by atoms with van der Waals surface area (Å²) >= 11 is 0.418. The zero-order chi connectivity index (χ0) is 14.3. The second kappa shape index (κ2) is 5.16. The first-order valence-electron chi connectivity index (χ1n) is 6.83. The standard InChI is InChI=1S/C17H20N2Se/c1-18(2)14-7-5-12-9-13-6-8-15(19(3)4)11-17(13)20-16(12)10-14/h5-8,10-11H,9H2,1-4H3. The van der Waals surface area contributed by atoms with Gasteiger partial charge in [0.1, 0.15) is 0 Å². The minimum atomic E-state index is 0.418. The molecule has 0 fully saturated rings. The molecule has 0 saturated heterocycles. The number of benzene rings is 2. The van der Waals surface area contributed by atoms with Gasteiger partial charge in [0.15, 0.2) is 0 Å². The van der Waals surface area contributed by atoms with Crippen LogP contribution < -0.4 is 18.7 Å². The van der Waals surface area contributed by atoms with Gasteiger partial charge in [0.25, 0.3) is 0 Å². The van der Waals surface area contributed by atoms with E-state index < -0.39 is 0 Å². The van der Waals surface area contributed by atoms with Crippen molar-refractivity contribution in [3.8, 4) is 0 Å². The summed E-state index contributed by atoms with van der Waals surface area (Å²) in [7, 11) is 8.43. The van der Waals surface area contributed by atoms with Gasteiger partial charge in [-0.05, 0) is 0 Å². The van der Waals surface area contributed by atoms with Gasteiger partial charge in [0.2, 0.25) is 0 Å². The minimum absolute atomic E-state index is 0.418. The summed E-state index contributed by atoms with van der Waals surface area (Å²) in [6.07, 6.45) is 1.08. The Kier molecular flexibility index (Phi) is 3.49. The van der Waals surface area contributed by atoms with Crippen LogP contribution in [-0.4, -0.2) is 43.1 Å². The Morgan fingerprint density at radius 3 is 1.60 bits per heavy atom. The van der Waals surface area contributed by atoms with Crippen molar-refractivity contribution in [1.82, 2.24) is 0 Å². The second-order valence-corrected chi connectivity index (χ2v) is 7.93. The van der Waals surface area contributed by atoms with E-state index in [0.29, 0.717) is 15.0 Å². The molecule has 1 aliphatic heterocycles.